The number of amides is 1. The van der Waals surface area contributed by atoms with E-state index in [4.69, 9.17) is 14.5 Å². The summed E-state index contributed by atoms with van der Waals surface area (Å²) in [6.45, 7) is 6.03. The number of aromatic nitrogens is 2. The Hall–Kier alpha value is -3.80. The molecule has 0 aliphatic heterocycles. The van der Waals surface area contributed by atoms with E-state index in [9.17, 15) is 4.79 Å². The molecule has 1 N–H and O–H groups in total. The predicted octanol–water partition coefficient (Wildman–Crippen LogP) is 5.22. The molecule has 0 saturated heterocycles. The molecule has 0 aliphatic carbocycles. The summed E-state index contributed by atoms with van der Waals surface area (Å²) in [5.41, 5.74) is 3.79. The number of hydrogen-bond acceptors (Lipinski definition) is 4. The highest BCUT2D eigenvalue weighted by Gasteiger charge is 2.13. The second-order valence-electron chi connectivity index (χ2n) is 8.45. The Bertz CT molecular complexity index is 1260. The molecule has 0 bridgehead atoms. The molecular weight excluding hydrogens is 426 g/mol. The van der Waals surface area contributed by atoms with E-state index in [0.717, 1.165) is 22.6 Å². The molecule has 0 atom stereocenters. The van der Waals surface area contributed by atoms with Gasteiger partial charge < -0.3 is 19.4 Å². The first-order valence-corrected chi connectivity index (χ1v) is 11.6. The molecular formula is C28H31N3O3. The van der Waals surface area contributed by atoms with Crippen molar-refractivity contribution in [1.82, 2.24) is 14.9 Å². The summed E-state index contributed by atoms with van der Waals surface area (Å²) in [6.07, 6.45) is 0.618. The summed E-state index contributed by atoms with van der Waals surface area (Å²) in [5.74, 6) is 2.78. The van der Waals surface area contributed by atoms with Crippen LogP contribution in [0.15, 0.2) is 72.8 Å². The molecule has 0 saturated carbocycles. The lowest BCUT2D eigenvalue weighted by Crippen LogP contribution is -2.26. The van der Waals surface area contributed by atoms with Crippen molar-refractivity contribution in [3.05, 3.63) is 89.7 Å². The van der Waals surface area contributed by atoms with Gasteiger partial charge in [0, 0.05) is 18.5 Å². The Kier molecular flexibility index (Phi) is 7.48. The zero-order valence-electron chi connectivity index (χ0n) is 20.0. The maximum absolute atomic E-state index is 12.6. The lowest BCUT2D eigenvalue weighted by atomic mass is 10.0. The molecule has 176 valence electrons. The van der Waals surface area contributed by atoms with Gasteiger partial charge in [-0.05, 0) is 47.9 Å². The first-order chi connectivity index (χ1) is 16.6. The van der Waals surface area contributed by atoms with Gasteiger partial charge in [-0.3, -0.25) is 4.79 Å². The minimum Gasteiger partial charge on any atom is -0.497 e. The highest BCUT2D eigenvalue weighted by molar-refractivity contribution is 5.94. The van der Waals surface area contributed by atoms with Crippen LogP contribution in [0.25, 0.3) is 11.0 Å². The van der Waals surface area contributed by atoms with Crippen LogP contribution in [0, 0.1) is 0 Å². The zero-order valence-corrected chi connectivity index (χ0v) is 20.0. The zero-order chi connectivity index (χ0) is 23.9. The highest BCUT2D eigenvalue weighted by atomic mass is 16.5. The molecule has 1 amide bonds. The molecule has 4 rings (SSSR count). The highest BCUT2D eigenvalue weighted by Crippen LogP contribution is 2.26. The lowest BCUT2D eigenvalue weighted by molar-refractivity contribution is 0.0953. The van der Waals surface area contributed by atoms with Gasteiger partial charge in [-0.1, -0.05) is 50.2 Å². The fourth-order valence-corrected chi connectivity index (χ4v) is 4.06. The largest absolute Gasteiger partial charge is 0.497 e. The fourth-order valence-electron chi connectivity index (χ4n) is 4.06. The van der Waals surface area contributed by atoms with E-state index in [2.05, 4.69) is 35.9 Å². The Labute approximate surface area is 200 Å². The lowest BCUT2D eigenvalue weighted by Gasteiger charge is -2.15. The number of nitrogens with zero attached hydrogens (tertiary/aromatic N) is 2. The summed E-state index contributed by atoms with van der Waals surface area (Å²) in [7, 11) is 1.59. The third-order valence-electron chi connectivity index (χ3n) is 5.81. The van der Waals surface area contributed by atoms with Crippen LogP contribution in [0.3, 0.4) is 0 Å². The molecule has 6 heteroatoms. The number of carbonyl (C=O) groups excluding carboxylic acids is 1. The quantitative estimate of drug-likeness (QED) is 0.355. The number of nitrogens with one attached hydrogen (secondary N) is 1. The van der Waals surface area contributed by atoms with Gasteiger partial charge in [-0.2, -0.15) is 0 Å². The van der Waals surface area contributed by atoms with Crippen LogP contribution in [0.4, 0.5) is 0 Å². The topological polar surface area (TPSA) is 65.4 Å². The van der Waals surface area contributed by atoms with Crippen LogP contribution < -0.4 is 14.8 Å². The first kappa shape index (κ1) is 23.4. The Morgan fingerprint density at radius 3 is 2.65 bits per heavy atom. The summed E-state index contributed by atoms with van der Waals surface area (Å²) in [6, 6.07) is 23.4. The number of hydrogen-bond donors (Lipinski definition) is 1. The average Bonchev–Trinajstić information content (AvgIpc) is 3.21. The number of carbonyl (C=O) groups is 1. The molecule has 1 aromatic heterocycles. The minimum atomic E-state index is -0.129. The predicted molar refractivity (Wildman–Crippen MR) is 135 cm³/mol. The standard InChI is InChI=1S/C28H31N3O3/c1-20(2)23-11-4-7-14-26(23)34-18-17-31-25-13-6-5-12-24(25)30-27(31)15-16-29-28(32)21-9-8-10-22(19-21)33-3/h4-14,19-20H,15-18H2,1-3H3,(H,29,32). The van der Waals surface area contributed by atoms with Crippen molar-refractivity contribution in [2.45, 2.75) is 32.7 Å². The van der Waals surface area contributed by atoms with Crippen LogP contribution in [0.2, 0.25) is 0 Å². The maximum atomic E-state index is 12.6. The van der Waals surface area contributed by atoms with Crippen molar-refractivity contribution in [2.75, 3.05) is 20.3 Å². The molecule has 0 fully saturated rings. The number of fused-ring (bicyclic) bond motifs is 1. The number of para-hydroxylation sites is 3. The van der Waals surface area contributed by atoms with E-state index in [0.29, 0.717) is 43.3 Å². The molecule has 0 aliphatic rings. The first-order valence-electron chi connectivity index (χ1n) is 11.6. The number of methoxy groups -OCH3 is 1. The van der Waals surface area contributed by atoms with Gasteiger partial charge >= 0.3 is 0 Å². The van der Waals surface area contributed by atoms with Crippen LogP contribution in [-0.2, 0) is 13.0 Å². The fraction of sp³-hybridized carbons (Fsp3) is 0.286. The van der Waals surface area contributed by atoms with E-state index in [1.165, 1.54) is 5.56 Å². The van der Waals surface area contributed by atoms with E-state index in [1.54, 1.807) is 19.2 Å². The smallest absolute Gasteiger partial charge is 0.251 e. The van der Waals surface area contributed by atoms with Crippen molar-refractivity contribution < 1.29 is 14.3 Å². The summed E-state index contributed by atoms with van der Waals surface area (Å²) < 4.78 is 13.6. The normalized spacial score (nSPS) is 11.1. The van der Waals surface area contributed by atoms with Crippen LogP contribution in [0.5, 0.6) is 11.5 Å². The second-order valence-corrected chi connectivity index (χ2v) is 8.45. The molecule has 0 unspecified atom stereocenters. The molecule has 6 nitrogen and oxygen atoms in total. The van der Waals surface area contributed by atoms with Crippen molar-refractivity contribution in [3.63, 3.8) is 0 Å². The number of benzene rings is 3. The van der Waals surface area contributed by atoms with Gasteiger partial charge in [0.05, 0.1) is 24.7 Å². The third kappa shape index (κ3) is 5.39. The van der Waals surface area contributed by atoms with E-state index in [-0.39, 0.29) is 5.91 Å². The summed E-state index contributed by atoms with van der Waals surface area (Å²) in [4.78, 5) is 17.4. The molecule has 3 aromatic carbocycles. The summed E-state index contributed by atoms with van der Waals surface area (Å²) >= 11 is 0. The molecule has 4 aromatic rings. The van der Waals surface area contributed by atoms with E-state index in [1.807, 2.05) is 48.5 Å². The third-order valence-corrected chi connectivity index (χ3v) is 5.81. The Balaban J connectivity index is 1.43. The van der Waals surface area contributed by atoms with Gasteiger partial charge in [0.25, 0.3) is 5.91 Å². The van der Waals surface area contributed by atoms with Crippen molar-refractivity contribution in [1.29, 1.82) is 0 Å². The number of imidazole rings is 1. The second kappa shape index (κ2) is 10.9. The number of rotatable bonds is 10. The minimum absolute atomic E-state index is 0.129. The van der Waals surface area contributed by atoms with Gasteiger partial charge in [0.2, 0.25) is 0 Å². The Morgan fingerprint density at radius 2 is 1.82 bits per heavy atom. The van der Waals surface area contributed by atoms with Gasteiger partial charge in [0.1, 0.15) is 23.9 Å². The van der Waals surface area contributed by atoms with E-state index >= 15 is 0 Å². The van der Waals surface area contributed by atoms with Crippen LogP contribution in [-0.4, -0.2) is 35.7 Å². The summed E-state index contributed by atoms with van der Waals surface area (Å²) in [5, 5.41) is 2.99. The number of ether oxygens (including phenoxy) is 2. The SMILES string of the molecule is COc1cccc(C(=O)NCCc2nc3ccccc3n2CCOc2ccccc2C(C)C)c1. The average molecular weight is 458 g/mol. The van der Waals surface area contributed by atoms with E-state index < -0.39 is 0 Å². The van der Waals surface area contributed by atoms with Gasteiger partial charge in [-0.15, -0.1) is 0 Å². The van der Waals surface area contributed by atoms with Gasteiger partial charge in [0.15, 0.2) is 0 Å². The molecule has 34 heavy (non-hydrogen) atoms. The monoisotopic (exact) mass is 457 g/mol. The molecule has 0 radical (unpaired) electrons. The van der Waals surface area contributed by atoms with Crippen LogP contribution in [0.1, 0.15) is 41.5 Å². The molecule has 0 spiro atoms. The Morgan fingerprint density at radius 1 is 1.03 bits per heavy atom. The van der Waals surface area contributed by atoms with Crippen molar-refractivity contribution in [2.24, 2.45) is 0 Å². The van der Waals surface area contributed by atoms with Crippen molar-refractivity contribution in [3.8, 4) is 11.5 Å². The molecule has 1 heterocycles. The maximum Gasteiger partial charge on any atom is 0.251 e. The van der Waals surface area contributed by atoms with Gasteiger partial charge in [-0.25, -0.2) is 4.98 Å². The van der Waals surface area contributed by atoms with Crippen molar-refractivity contribution >= 4 is 16.9 Å². The van der Waals surface area contributed by atoms with Crippen LogP contribution >= 0.6 is 0 Å².